The fraction of sp³-hybridized carbons (Fsp3) is 0.474. The molecule has 0 atom stereocenters. The average Bonchev–Trinajstić information content (AvgIpc) is 2.84. The van der Waals surface area contributed by atoms with E-state index in [1.807, 2.05) is 0 Å². The molecule has 0 bridgehead atoms. The van der Waals surface area contributed by atoms with E-state index in [-0.39, 0.29) is 36.2 Å². The first-order chi connectivity index (χ1) is 12.0. The maximum Gasteiger partial charge on any atom is 0.277 e. The van der Waals surface area contributed by atoms with Crippen molar-refractivity contribution < 1.29 is 19.1 Å². The van der Waals surface area contributed by atoms with Crippen LogP contribution in [0.15, 0.2) is 30.0 Å². The van der Waals surface area contributed by atoms with Crippen LogP contribution in [0.1, 0.15) is 38.2 Å². The highest BCUT2D eigenvalue weighted by atomic mass is 19.1. The molecule has 2 amide bonds. The molecule has 0 saturated heterocycles. The van der Waals surface area contributed by atoms with Gasteiger partial charge in [0, 0.05) is 20.1 Å². The van der Waals surface area contributed by atoms with Crippen LogP contribution in [-0.4, -0.2) is 53.5 Å². The number of unbranched alkanes of at least 4 members (excludes halogenated alkanes) is 3. The molecule has 136 valence electrons. The van der Waals surface area contributed by atoms with Gasteiger partial charge in [-0.1, -0.05) is 38.3 Å². The van der Waals surface area contributed by atoms with Crippen LogP contribution in [0, 0.1) is 5.82 Å². The molecule has 1 aromatic rings. The summed E-state index contributed by atoms with van der Waals surface area (Å²) in [4.78, 5) is 28.5. The second kappa shape index (κ2) is 8.76. The van der Waals surface area contributed by atoms with Gasteiger partial charge in [-0.15, -0.1) is 0 Å². The lowest BCUT2D eigenvalue weighted by molar-refractivity contribution is -0.137. The Morgan fingerprint density at radius 1 is 1.08 bits per heavy atom. The summed E-state index contributed by atoms with van der Waals surface area (Å²) in [6.07, 6.45) is 3.86. The number of rotatable bonds is 9. The number of aliphatic hydroxyl groups excluding tert-OH is 1. The Bertz CT molecular complexity index is 655. The van der Waals surface area contributed by atoms with E-state index in [9.17, 15) is 19.1 Å². The van der Waals surface area contributed by atoms with Crippen molar-refractivity contribution in [1.29, 1.82) is 0 Å². The zero-order valence-electron chi connectivity index (χ0n) is 14.8. The third-order valence-corrected chi connectivity index (χ3v) is 4.33. The number of amides is 2. The van der Waals surface area contributed by atoms with E-state index in [1.54, 1.807) is 11.9 Å². The molecule has 5 nitrogen and oxygen atoms in total. The number of carbonyl (C=O) groups excluding carboxylic acids is 2. The zero-order chi connectivity index (χ0) is 18.4. The van der Waals surface area contributed by atoms with Crippen LogP contribution in [0.3, 0.4) is 0 Å². The van der Waals surface area contributed by atoms with Crippen molar-refractivity contribution in [2.45, 2.75) is 32.6 Å². The van der Waals surface area contributed by atoms with E-state index >= 15 is 0 Å². The second-order valence-corrected chi connectivity index (χ2v) is 6.20. The van der Waals surface area contributed by atoms with Crippen LogP contribution in [-0.2, 0) is 9.59 Å². The van der Waals surface area contributed by atoms with Gasteiger partial charge in [-0.05, 0) is 24.1 Å². The smallest absolute Gasteiger partial charge is 0.277 e. The molecular formula is C19H25FN2O3. The first-order valence-corrected chi connectivity index (χ1v) is 8.69. The Balaban J connectivity index is 2.32. The Morgan fingerprint density at radius 2 is 1.76 bits per heavy atom. The molecule has 1 aromatic carbocycles. The molecule has 1 N–H and O–H groups in total. The standard InChI is InChI=1S/C19H25FN2O3/c1-3-4-5-6-11-22-18(24)16(14-7-9-15(20)10-8-14)17(19(22)25)21(2)12-13-23/h7-10,23H,3-6,11-13H2,1-2H3. The lowest BCUT2D eigenvalue weighted by Crippen LogP contribution is -2.35. The summed E-state index contributed by atoms with van der Waals surface area (Å²) < 4.78 is 13.2. The quantitative estimate of drug-likeness (QED) is 0.550. The Labute approximate surface area is 147 Å². The summed E-state index contributed by atoms with van der Waals surface area (Å²) >= 11 is 0. The van der Waals surface area contributed by atoms with E-state index < -0.39 is 5.82 Å². The summed E-state index contributed by atoms with van der Waals surface area (Å²) in [5.41, 5.74) is 1.05. The second-order valence-electron chi connectivity index (χ2n) is 6.20. The third kappa shape index (κ3) is 4.25. The maximum absolute atomic E-state index is 13.2. The topological polar surface area (TPSA) is 60.9 Å². The normalized spacial score (nSPS) is 14.6. The van der Waals surface area contributed by atoms with Crippen LogP contribution in [0.25, 0.3) is 5.57 Å². The molecule has 0 unspecified atom stereocenters. The number of carbonyl (C=O) groups is 2. The predicted octanol–water partition coefficient (Wildman–Crippen LogP) is 2.41. The number of nitrogens with zero attached hydrogens (tertiary/aromatic N) is 2. The summed E-state index contributed by atoms with van der Waals surface area (Å²) in [6, 6.07) is 5.55. The first-order valence-electron chi connectivity index (χ1n) is 8.69. The van der Waals surface area contributed by atoms with Crippen molar-refractivity contribution in [3.05, 3.63) is 41.3 Å². The Kier molecular flexibility index (Phi) is 6.70. The van der Waals surface area contributed by atoms with Crippen molar-refractivity contribution in [1.82, 2.24) is 9.80 Å². The summed E-state index contributed by atoms with van der Waals surface area (Å²) in [5, 5.41) is 9.19. The van der Waals surface area contributed by atoms with Crippen LogP contribution >= 0.6 is 0 Å². The number of imide groups is 1. The van der Waals surface area contributed by atoms with Crippen molar-refractivity contribution >= 4 is 17.4 Å². The van der Waals surface area contributed by atoms with Gasteiger partial charge in [-0.25, -0.2) is 4.39 Å². The molecule has 0 aromatic heterocycles. The van der Waals surface area contributed by atoms with Crippen LogP contribution in [0.4, 0.5) is 4.39 Å². The lowest BCUT2D eigenvalue weighted by Gasteiger charge is -2.20. The first kappa shape index (κ1) is 19.1. The molecule has 0 radical (unpaired) electrons. The van der Waals surface area contributed by atoms with Gasteiger partial charge in [0.1, 0.15) is 11.5 Å². The Hall–Kier alpha value is -2.21. The van der Waals surface area contributed by atoms with Gasteiger partial charge < -0.3 is 10.0 Å². The van der Waals surface area contributed by atoms with E-state index in [0.29, 0.717) is 12.1 Å². The minimum absolute atomic E-state index is 0.130. The van der Waals surface area contributed by atoms with Gasteiger partial charge in [0.2, 0.25) is 0 Å². The van der Waals surface area contributed by atoms with Gasteiger partial charge in [0.25, 0.3) is 11.8 Å². The molecule has 6 heteroatoms. The highest BCUT2D eigenvalue weighted by Gasteiger charge is 2.40. The van der Waals surface area contributed by atoms with E-state index in [2.05, 4.69) is 6.92 Å². The minimum Gasteiger partial charge on any atom is -0.395 e. The van der Waals surface area contributed by atoms with Crippen molar-refractivity contribution in [2.24, 2.45) is 0 Å². The Morgan fingerprint density at radius 3 is 2.36 bits per heavy atom. The summed E-state index contributed by atoms with van der Waals surface area (Å²) in [6.45, 7) is 2.58. The molecule has 1 aliphatic heterocycles. The number of likely N-dealkylation sites (N-methyl/N-ethyl adjacent to an activating group) is 1. The number of hydrogen-bond donors (Lipinski definition) is 1. The molecule has 1 aliphatic rings. The van der Waals surface area contributed by atoms with Gasteiger partial charge in [0.15, 0.2) is 0 Å². The zero-order valence-corrected chi connectivity index (χ0v) is 14.8. The fourth-order valence-corrected chi connectivity index (χ4v) is 2.96. The van der Waals surface area contributed by atoms with Gasteiger partial charge >= 0.3 is 0 Å². The van der Waals surface area contributed by atoms with E-state index in [4.69, 9.17) is 0 Å². The van der Waals surface area contributed by atoms with Crippen molar-refractivity contribution in [3.63, 3.8) is 0 Å². The molecule has 1 heterocycles. The summed E-state index contributed by atoms with van der Waals surface area (Å²) in [5.74, 6) is -1.10. The highest BCUT2D eigenvalue weighted by molar-refractivity contribution is 6.35. The van der Waals surface area contributed by atoms with Crippen molar-refractivity contribution in [2.75, 3.05) is 26.7 Å². The third-order valence-electron chi connectivity index (χ3n) is 4.33. The van der Waals surface area contributed by atoms with Crippen LogP contribution in [0.2, 0.25) is 0 Å². The number of benzene rings is 1. The fourth-order valence-electron chi connectivity index (χ4n) is 2.96. The molecule has 2 rings (SSSR count). The SMILES string of the molecule is CCCCCCN1C(=O)C(c2ccc(F)cc2)=C(N(C)CCO)C1=O. The number of hydrogen-bond acceptors (Lipinski definition) is 4. The molecule has 0 aliphatic carbocycles. The summed E-state index contributed by atoms with van der Waals surface area (Å²) in [7, 11) is 1.67. The molecule has 25 heavy (non-hydrogen) atoms. The highest BCUT2D eigenvalue weighted by Crippen LogP contribution is 2.31. The van der Waals surface area contributed by atoms with Gasteiger partial charge in [-0.2, -0.15) is 0 Å². The van der Waals surface area contributed by atoms with Crippen LogP contribution < -0.4 is 0 Å². The lowest BCUT2D eigenvalue weighted by atomic mass is 10.0. The van der Waals surface area contributed by atoms with Gasteiger partial charge in [-0.3, -0.25) is 14.5 Å². The molecule has 0 saturated carbocycles. The number of aliphatic hydroxyl groups is 1. The van der Waals surface area contributed by atoms with E-state index in [0.717, 1.165) is 25.7 Å². The molecular weight excluding hydrogens is 323 g/mol. The molecule has 0 fully saturated rings. The average molecular weight is 348 g/mol. The van der Waals surface area contributed by atoms with Crippen molar-refractivity contribution in [3.8, 4) is 0 Å². The number of halogens is 1. The minimum atomic E-state index is -0.400. The van der Waals surface area contributed by atoms with Crippen LogP contribution in [0.5, 0.6) is 0 Å². The molecule has 0 spiro atoms. The largest absolute Gasteiger partial charge is 0.395 e. The van der Waals surface area contributed by atoms with Gasteiger partial charge in [0.05, 0.1) is 12.2 Å². The van der Waals surface area contributed by atoms with E-state index in [1.165, 1.54) is 29.2 Å². The predicted molar refractivity (Wildman–Crippen MR) is 93.9 cm³/mol. The monoisotopic (exact) mass is 348 g/mol. The maximum atomic E-state index is 13.2.